The second-order valence-corrected chi connectivity index (χ2v) is 9.14. The zero-order valence-corrected chi connectivity index (χ0v) is 20.3. The number of thioether (sulfide) groups is 1. The molecule has 33 heavy (non-hydrogen) atoms. The van der Waals surface area contributed by atoms with Crippen LogP contribution in [0.3, 0.4) is 0 Å². The largest absolute Gasteiger partial charge is 0.497 e. The number of aliphatic imine (C=N–C) groups is 1. The molecule has 0 saturated carbocycles. The Morgan fingerprint density at radius 1 is 1.09 bits per heavy atom. The van der Waals surface area contributed by atoms with Gasteiger partial charge in [-0.3, -0.25) is 4.79 Å². The summed E-state index contributed by atoms with van der Waals surface area (Å²) in [6.07, 6.45) is 5.48. The van der Waals surface area contributed by atoms with Crippen LogP contribution in [0, 0.1) is 13.8 Å². The number of aromatic nitrogens is 1. The molecule has 1 amide bonds. The van der Waals surface area contributed by atoms with E-state index in [-0.39, 0.29) is 5.91 Å². The SMILES string of the molecule is CCCCc1ccc(-n2c(C)cc(/C=C3/SC(=Nc4ccc(OC)cc4)NC3=O)c2C)cc1. The van der Waals surface area contributed by atoms with Crippen LogP contribution in [0.1, 0.15) is 42.3 Å². The Morgan fingerprint density at radius 2 is 1.82 bits per heavy atom. The van der Waals surface area contributed by atoms with Crippen LogP contribution in [0.15, 0.2) is 64.5 Å². The van der Waals surface area contributed by atoms with E-state index in [1.165, 1.54) is 30.2 Å². The summed E-state index contributed by atoms with van der Waals surface area (Å²) in [5.41, 5.74) is 6.55. The quantitative estimate of drug-likeness (QED) is 0.420. The first-order chi connectivity index (χ1) is 16.0. The topological polar surface area (TPSA) is 55.6 Å². The smallest absolute Gasteiger partial charge is 0.264 e. The van der Waals surface area contributed by atoms with E-state index in [0.29, 0.717) is 10.1 Å². The van der Waals surface area contributed by atoms with Gasteiger partial charge in [-0.05, 0) is 98.1 Å². The minimum Gasteiger partial charge on any atom is -0.497 e. The highest BCUT2D eigenvalue weighted by atomic mass is 32.2. The Hall–Kier alpha value is -3.25. The Bertz CT molecular complexity index is 1210. The summed E-state index contributed by atoms with van der Waals surface area (Å²) in [6, 6.07) is 18.3. The van der Waals surface area contributed by atoms with Crippen LogP contribution in [0.2, 0.25) is 0 Å². The molecule has 0 spiro atoms. The van der Waals surface area contributed by atoms with E-state index in [0.717, 1.165) is 40.5 Å². The maximum atomic E-state index is 12.6. The highest BCUT2D eigenvalue weighted by Crippen LogP contribution is 2.31. The van der Waals surface area contributed by atoms with Gasteiger partial charge in [0.25, 0.3) is 5.91 Å². The Morgan fingerprint density at radius 3 is 2.48 bits per heavy atom. The third-order valence-electron chi connectivity index (χ3n) is 5.72. The fourth-order valence-corrected chi connectivity index (χ4v) is 4.75. The number of hydrogen-bond acceptors (Lipinski definition) is 4. The van der Waals surface area contributed by atoms with Crippen LogP contribution in [-0.2, 0) is 11.2 Å². The number of ether oxygens (including phenoxy) is 1. The number of methoxy groups -OCH3 is 1. The van der Waals surface area contributed by atoms with Crippen molar-refractivity contribution in [3.8, 4) is 11.4 Å². The number of amides is 1. The summed E-state index contributed by atoms with van der Waals surface area (Å²) < 4.78 is 7.42. The van der Waals surface area contributed by atoms with Gasteiger partial charge in [-0.25, -0.2) is 4.99 Å². The molecule has 5 nitrogen and oxygen atoms in total. The molecular weight excluding hydrogens is 430 g/mol. The molecular formula is C27H29N3O2S. The predicted octanol–water partition coefficient (Wildman–Crippen LogP) is 6.34. The molecule has 1 saturated heterocycles. The van der Waals surface area contributed by atoms with E-state index in [2.05, 4.69) is 66.0 Å². The molecule has 1 aliphatic heterocycles. The molecule has 1 aliphatic rings. The third-order valence-corrected chi connectivity index (χ3v) is 6.63. The maximum Gasteiger partial charge on any atom is 0.264 e. The average Bonchev–Trinajstić information content (AvgIpc) is 3.30. The van der Waals surface area contributed by atoms with Crippen molar-refractivity contribution in [2.45, 2.75) is 40.0 Å². The van der Waals surface area contributed by atoms with E-state index in [4.69, 9.17) is 4.74 Å². The van der Waals surface area contributed by atoms with Gasteiger partial charge in [0.2, 0.25) is 0 Å². The van der Waals surface area contributed by atoms with Gasteiger partial charge in [0.15, 0.2) is 5.17 Å². The van der Waals surface area contributed by atoms with Crippen molar-refractivity contribution in [1.82, 2.24) is 9.88 Å². The lowest BCUT2D eigenvalue weighted by Gasteiger charge is -2.11. The van der Waals surface area contributed by atoms with E-state index >= 15 is 0 Å². The van der Waals surface area contributed by atoms with Gasteiger partial charge in [-0.2, -0.15) is 0 Å². The first-order valence-corrected chi connectivity index (χ1v) is 12.0. The van der Waals surface area contributed by atoms with Crippen LogP contribution >= 0.6 is 11.8 Å². The first-order valence-electron chi connectivity index (χ1n) is 11.2. The highest BCUT2D eigenvalue weighted by Gasteiger charge is 2.24. The molecule has 0 bridgehead atoms. The van der Waals surface area contributed by atoms with E-state index in [9.17, 15) is 4.79 Å². The maximum absolute atomic E-state index is 12.6. The molecule has 2 heterocycles. The van der Waals surface area contributed by atoms with Gasteiger partial charge in [0.05, 0.1) is 17.7 Å². The van der Waals surface area contributed by atoms with Gasteiger partial charge in [0, 0.05) is 17.1 Å². The number of carbonyl (C=O) groups excluding carboxylic acids is 1. The number of benzene rings is 2. The summed E-state index contributed by atoms with van der Waals surface area (Å²) in [5.74, 6) is 0.644. The zero-order chi connectivity index (χ0) is 23.4. The lowest BCUT2D eigenvalue weighted by Crippen LogP contribution is -2.19. The minimum atomic E-state index is -0.127. The van der Waals surface area contributed by atoms with E-state index < -0.39 is 0 Å². The van der Waals surface area contributed by atoms with Crippen molar-refractivity contribution < 1.29 is 9.53 Å². The molecule has 6 heteroatoms. The van der Waals surface area contributed by atoms with Crippen LogP contribution in [0.25, 0.3) is 11.8 Å². The van der Waals surface area contributed by atoms with Crippen molar-refractivity contribution in [3.63, 3.8) is 0 Å². The average molecular weight is 460 g/mol. The first kappa shape index (κ1) is 22.9. The standard InChI is InChI=1S/C27H29N3O2S/c1-5-6-7-20-8-12-23(13-9-20)30-18(2)16-21(19(30)3)17-25-26(31)29-27(33-25)28-22-10-14-24(32-4)15-11-22/h8-17H,5-7H2,1-4H3,(H,28,29,31)/b25-17+. The van der Waals surface area contributed by atoms with Crippen molar-refractivity contribution >= 4 is 34.6 Å². The van der Waals surface area contributed by atoms with Gasteiger partial charge in [0.1, 0.15) is 5.75 Å². The van der Waals surface area contributed by atoms with Crippen molar-refractivity contribution in [2.24, 2.45) is 4.99 Å². The third kappa shape index (κ3) is 5.22. The number of amidine groups is 1. The molecule has 3 aromatic rings. The second kappa shape index (κ2) is 10.1. The Balaban J connectivity index is 1.55. The fraction of sp³-hybridized carbons (Fsp3) is 0.259. The molecule has 0 atom stereocenters. The molecule has 4 rings (SSSR count). The van der Waals surface area contributed by atoms with Crippen LogP contribution in [0.5, 0.6) is 5.75 Å². The number of nitrogens with one attached hydrogen (secondary N) is 1. The highest BCUT2D eigenvalue weighted by molar-refractivity contribution is 8.18. The van der Waals surface area contributed by atoms with Crippen LogP contribution in [0.4, 0.5) is 5.69 Å². The number of aryl methyl sites for hydroxylation is 2. The second-order valence-electron chi connectivity index (χ2n) is 8.11. The zero-order valence-electron chi connectivity index (χ0n) is 19.5. The molecule has 1 N–H and O–H groups in total. The van der Waals surface area contributed by atoms with Crippen molar-refractivity contribution in [2.75, 3.05) is 7.11 Å². The number of hydrogen-bond donors (Lipinski definition) is 1. The van der Waals surface area contributed by atoms with E-state index in [1.807, 2.05) is 30.3 Å². The lowest BCUT2D eigenvalue weighted by molar-refractivity contribution is -0.115. The molecule has 0 aliphatic carbocycles. The summed E-state index contributed by atoms with van der Waals surface area (Å²) in [7, 11) is 1.63. The number of rotatable bonds is 7. The summed E-state index contributed by atoms with van der Waals surface area (Å²) in [6.45, 7) is 6.40. The molecule has 170 valence electrons. The van der Waals surface area contributed by atoms with Gasteiger partial charge >= 0.3 is 0 Å². The van der Waals surface area contributed by atoms with Crippen molar-refractivity contribution in [1.29, 1.82) is 0 Å². The van der Waals surface area contributed by atoms with Crippen LogP contribution < -0.4 is 10.1 Å². The fourth-order valence-electron chi connectivity index (χ4n) is 3.92. The Kier molecular flexibility index (Phi) is 7.04. The Labute approximate surface area is 199 Å². The number of carbonyl (C=O) groups is 1. The summed E-state index contributed by atoms with van der Waals surface area (Å²) in [5, 5.41) is 3.44. The molecule has 1 aromatic heterocycles. The predicted molar refractivity (Wildman–Crippen MR) is 138 cm³/mol. The molecule has 0 unspecified atom stereocenters. The van der Waals surface area contributed by atoms with Crippen molar-refractivity contribution in [3.05, 3.63) is 82.0 Å². The monoisotopic (exact) mass is 459 g/mol. The van der Waals surface area contributed by atoms with E-state index in [1.54, 1.807) is 7.11 Å². The van der Waals surface area contributed by atoms with Crippen LogP contribution in [-0.4, -0.2) is 22.8 Å². The van der Waals surface area contributed by atoms with Gasteiger partial charge < -0.3 is 14.6 Å². The minimum absolute atomic E-state index is 0.127. The number of nitrogens with zero attached hydrogens (tertiary/aromatic N) is 2. The number of unbranched alkanes of at least 4 members (excludes halogenated alkanes) is 1. The molecule has 1 fully saturated rings. The van der Waals surface area contributed by atoms with Gasteiger partial charge in [-0.1, -0.05) is 25.5 Å². The summed E-state index contributed by atoms with van der Waals surface area (Å²) >= 11 is 1.36. The lowest BCUT2D eigenvalue weighted by atomic mass is 10.1. The molecule has 0 radical (unpaired) electrons. The normalized spacial score (nSPS) is 15.9. The molecule has 2 aromatic carbocycles. The van der Waals surface area contributed by atoms with Gasteiger partial charge in [-0.15, -0.1) is 0 Å². The summed E-state index contributed by atoms with van der Waals surface area (Å²) in [4.78, 5) is 17.7.